The second-order valence-electron chi connectivity index (χ2n) is 5.10. The van der Waals surface area contributed by atoms with Gasteiger partial charge in [0.1, 0.15) is 6.10 Å². The van der Waals surface area contributed by atoms with Gasteiger partial charge < -0.3 is 20.9 Å². The van der Waals surface area contributed by atoms with E-state index in [-0.39, 0.29) is 18.3 Å². The normalized spacial score (nSPS) is 26.9. The summed E-state index contributed by atoms with van der Waals surface area (Å²) in [5.74, 6) is -0.399. The van der Waals surface area contributed by atoms with E-state index >= 15 is 0 Å². The first kappa shape index (κ1) is 13.7. The van der Waals surface area contributed by atoms with Gasteiger partial charge in [-0.15, -0.1) is 0 Å². The highest BCUT2D eigenvalue weighted by atomic mass is 16.6. The predicted octanol–water partition coefficient (Wildman–Crippen LogP) is 1.96. The molecule has 2 rings (SSSR count). The fraction of sp³-hybridized carbons (Fsp3) is 0.500. The molecule has 19 heavy (non-hydrogen) atoms. The zero-order chi connectivity index (χ0) is 14.0. The fourth-order valence-electron chi connectivity index (χ4n) is 2.42. The van der Waals surface area contributed by atoms with Gasteiger partial charge in [0.05, 0.1) is 17.8 Å². The van der Waals surface area contributed by atoms with Crippen LogP contribution >= 0.6 is 0 Å². The molecule has 1 aliphatic rings. The largest absolute Gasteiger partial charge is 0.459 e. The molecule has 0 spiro atoms. The first-order valence-electron chi connectivity index (χ1n) is 6.47. The minimum absolute atomic E-state index is 0.102. The number of ether oxygens (including phenoxy) is 2. The van der Waals surface area contributed by atoms with Gasteiger partial charge in [-0.25, -0.2) is 4.79 Å². The van der Waals surface area contributed by atoms with Crippen molar-refractivity contribution in [3.8, 4) is 0 Å². The number of rotatable bonds is 2. The van der Waals surface area contributed by atoms with E-state index < -0.39 is 5.97 Å². The van der Waals surface area contributed by atoms with Gasteiger partial charge in [-0.05, 0) is 32.0 Å². The highest BCUT2D eigenvalue weighted by Gasteiger charge is 2.27. The van der Waals surface area contributed by atoms with E-state index in [9.17, 15) is 4.79 Å². The van der Waals surface area contributed by atoms with E-state index in [2.05, 4.69) is 0 Å². The Morgan fingerprint density at radius 1 is 1.26 bits per heavy atom. The van der Waals surface area contributed by atoms with Crippen LogP contribution in [0.1, 0.15) is 37.0 Å². The predicted molar refractivity (Wildman–Crippen MR) is 73.7 cm³/mol. The molecule has 0 radical (unpaired) electrons. The van der Waals surface area contributed by atoms with E-state index in [1.54, 1.807) is 18.2 Å². The molecular weight excluding hydrogens is 244 g/mol. The Hall–Kier alpha value is -1.75. The molecule has 104 valence electrons. The van der Waals surface area contributed by atoms with Crippen molar-refractivity contribution in [1.82, 2.24) is 0 Å². The van der Waals surface area contributed by atoms with Gasteiger partial charge >= 0.3 is 5.97 Å². The molecule has 5 nitrogen and oxygen atoms in total. The molecular formula is C14H20N2O3. The summed E-state index contributed by atoms with van der Waals surface area (Å²) >= 11 is 0. The molecule has 1 heterocycles. The zero-order valence-electron chi connectivity index (χ0n) is 11.3. The van der Waals surface area contributed by atoms with E-state index in [0.29, 0.717) is 29.8 Å². The molecule has 0 aliphatic carbocycles. The molecule has 1 aromatic carbocycles. The van der Waals surface area contributed by atoms with Crippen LogP contribution in [0.4, 0.5) is 11.4 Å². The highest BCUT2D eigenvalue weighted by Crippen LogP contribution is 2.24. The summed E-state index contributed by atoms with van der Waals surface area (Å²) in [5.41, 5.74) is 12.6. The van der Waals surface area contributed by atoms with Crippen LogP contribution in [0.3, 0.4) is 0 Å². The number of hydrogen-bond acceptors (Lipinski definition) is 5. The zero-order valence-corrected chi connectivity index (χ0v) is 11.3. The SMILES string of the molecule is CC1CC(OC(=O)c2ccc(N)cc2N)CC(C)O1. The van der Waals surface area contributed by atoms with E-state index in [0.717, 1.165) is 0 Å². The second kappa shape index (κ2) is 5.48. The Kier molecular flexibility index (Phi) is 3.95. The average Bonchev–Trinajstić information content (AvgIpc) is 2.26. The smallest absolute Gasteiger partial charge is 0.340 e. The van der Waals surface area contributed by atoms with Gasteiger partial charge in [-0.2, -0.15) is 0 Å². The second-order valence-corrected chi connectivity index (χ2v) is 5.10. The summed E-state index contributed by atoms with van der Waals surface area (Å²) in [7, 11) is 0. The summed E-state index contributed by atoms with van der Waals surface area (Å²) in [5, 5.41) is 0. The molecule has 0 bridgehead atoms. The van der Waals surface area contributed by atoms with Crippen LogP contribution in [-0.2, 0) is 9.47 Å². The van der Waals surface area contributed by atoms with Crippen LogP contribution in [0, 0.1) is 0 Å². The van der Waals surface area contributed by atoms with Crippen molar-refractivity contribution in [2.45, 2.75) is 45.0 Å². The van der Waals surface area contributed by atoms with E-state index in [1.807, 2.05) is 13.8 Å². The number of hydrogen-bond donors (Lipinski definition) is 2. The number of carbonyl (C=O) groups is 1. The lowest BCUT2D eigenvalue weighted by molar-refractivity contribution is -0.0855. The molecule has 0 saturated carbocycles. The third-order valence-electron chi connectivity index (χ3n) is 3.22. The lowest BCUT2D eigenvalue weighted by Gasteiger charge is -2.31. The highest BCUT2D eigenvalue weighted by molar-refractivity contribution is 5.95. The lowest BCUT2D eigenvalue weighted by atomic mass is 10.0. The molecule has 1 aromatic rings. The Bertz CT molecular complexity index is 466. The van der Waals surface area contributed by atoms with Gasteiger partial charge in [0.2, 0.25) is 0 Å². The molecule has 5 heteroatoms. The Morgan fingerprint density at radius 3 is 2.47 bits per heavy atom. The molecule has 2 unspecified atom stereocenters. The van der Waals surface area contributed by atoms with Crippen molar-refractivity contribution in [2.24, 2.45) is 0 Å². The maximum atomic E-state index is 12.1. The van der Waals surface area contributed by atoms with Crippen molar-refractivity contribution in [3.05, 3.63) is 23.8 Å². The van der Waals surface area contributed by atoms with Crippen molar-refractivity contribution in [2.75, 3.05) is 11.5 Å². The molecule has 0 amide bonds. The Balaban J connectivity index is 2.04. The monoisotopic (exact) mass is 264 g/mol. The van der Waals surface area contributed by atoms with Crippen molar-refractivity contribution < 1.29 is 14.3 Å². The van der Waals surface area contributed by atoms with E-state index in [1.165, 1.54) is 0 Å². The third kappa shape index (κ3) is 3.38. The summed E-state index contributed by atoms with van der Waals surface area (Å²) in [4.78, 5) is 12.1. The number of carbonyl (C=O) groups excluding carboxylic acids is 1. The summed E-state index contributed by atoms with van der Waals surface area (Å²) in [6.45, 7) is 3.96. The number of nitrogens with two attached hydrogens (primary N) is 2. The number of nitrogen functional groups attached to an aromatic ring is 2. The fourth-order valence-corrected chi connectivity index (χ4v) is 2.42. The minimum atomic E-state index is -0.399. The summed E-state index contributed by atoms with van der Waals surface area (Å²) in [6.07, 6.45) is 1.51. The number of benzene rings is 1. The molecule has 1 saturated heterocycles. The van der Waals surface area contributed by atoms with E-state index in [4.69, 9.17) is 20.9 Å². The van der Waals surface area contributed by atoms with Crippen LogP contribution in [0.15, 0.2) is 18.2 Å². The Morgan fingerprint density at radius 2 is 1.89 bits per heavy atom. The van der Waals surface area contributed by atoms with Crippen LogP contribution in [0.2, 0.25) is 0 Å². The molecule has 1 fully saturated rings. The van der Waals surface area contributed by atoms with Crippen LogP contribution in [-0.4, -0.2) is 24.3 Å². The topological polar surface area (TPSA) is 87.6 Å². The van der Waals surface area contributed by atoms with Crippen LogP contribution in [0.25, 0.3) is 0 Å². The minimum Gasteiger partial charge on any atom is -0.459 e. The molecule has 1 aliphatic heterocycles. The van der Waals surface area contributed by atoms with Gasteiger partial charge in [0.15, 0.2) is 0 Å². The molecule has 2 atom stereocenters. The van der Waals surface area contributed by atoms with Gasteiger partial charge in [-0.3, -0.25) is 0 Å². The van der Waals surface area contributed by atoms with Crippen LogP contribution in [0.5, 0.6) is 0 Å². The first-order chi connectivity index (χ1) is 8.95. The summed E-state index contributed by atoms with van der Waals surface area (Å²) in [6, 6.07) is 4.80. The van der Waals surface area contributed by atoms with Crippen LogP contribution < -0.4 is 11.5 Å². The Labute approximate surface area is 112 Å². The van der Waals surface area contributed by atoms with Gasteiger partial charge in [-0.1, -0.05) is 0 Å². The number of esters is 1. The van der Waals surface area contributed by atoms with Crippen molar-refractivity contribution >= 4 is 17.3 Å². The summed E-state index contributed by atoms with van der Waals surface area (Å²) < 4.78 is 11.1. The standard InChI is InChI=1S/C14H20N2O3/c1-8-5-11(6-9(2)18-8)19-14(17)12-4-3-10(15)7-13(12)16/h3-4,7-9,11H,5-6,15-16H2,1-2H3. The first-order valence-corrected chi connectivity index (χ1v) is 6.47. The van der Waals surface area contributed by atoms with Gasteiger partial charge in [0.25, 0.3) is 0 Å². The maximum absolute atomic E-state index is 12.1. The third-order valence-corrected chi connectivity index (χ3v) is 3.22. The quantitative estimate of drug-likeness (QED) is 0.629. The van der Waals surface area contributed by atoms with Crippen molar-refractivity contribution in [1.29, 1.82) is 0 Å². The number of anilines is 2. The average molecular weight is 264 g/mol. The van der Waals surface area contributed by atoms with Gasteiger partial charge in [0, 0.05) is 24.2 Å². The molecule has 0 aromatic heterocycles. The lowest BCUT2D eigenvalue weighted by Crippen LogP contribution is -2.35. The van der Waals surface area contributed by atoms with Crippen molar-refractivity contribution in [3.63, 3.8) is 0 Å². The molecule has 4 N–H and O–H groups in total. The maximum Gasteiger partial charge on any atom is 0.340 e.